The van der Waals surface area contributed by atoms with Crippen LogP contribution in [0.25, 0.3) is 10.4 Å². The number of thiophene rings is 1. The first-order chi connectivity index (χ1) is 11.5. The first kappa shape index (κ1) is 17.8. The van der Waals surface area contributed by atoms with Gasteiger partial charge in [-0.2, -0.15) is 0 Å². The smallest absolute Gasteiger partial charge is 0.254 e. The number of benzene rings is 1. The van der Waals surface area contributed by atoms with E-state index in [1.165, 1.54) is 14.1 Å². The van der Waals surface area contributed by atoms with Crippen LogP contribution in [-0.2, 0) is 9.59 Å². The summed E-state index contributed by atoms with van der Waals surface area (Å²) in [6.45, 7) is -0.812. The predicted molar refractivity (Wildman–Crippen MR) is 91.8 cm³/mol. The van der Waals surface area contributed by atoms with Crippen LogP contribution in [0.15, 0.2) is 41.8 Å². The molecule has 0 spiro atoms. The summed E-state index contributed by atoms with van der Waals surface area (Å²) in [6, 6.07) is 9.50. The van der Waals surface area contributed by atoms with E-state index in [0.717, 1.165) is 15.3 Å². The topological polar surface area (TPSA) is 86.7 Å². The number of aliphatic hydroxyl groups is 1. The van der Waals surface area contributed by atoms with Gasteiger partial charge in [0.2, 0.25) is 5.91 Å². The fourth-order valence-corrected chi connectivity index (χ4v) is 3.04. The first-order valence-electron chi connectivity index (χ1n) is 7.26. The molecule has 0 fully saturated rings. The minimum Gasteiger partial charge on any atom is -0.388 e. The maximum absolute atomic E-state index is 12.5. The number of rotatable bonds is 6. The van der Waals surface area contributed by atoms with Crippen LogP contribution in [0, 0.1) is 0 Å². The molecule has 2 aromatic rings. The molecule has 1 aromatic carbocycles. The van der Waals surface area contributed by atoms with Crippen LogP contribution in [0.5, 0.6) is 0 Å². The number of nitrogens with one attached hydrogen (secondary N) is 1. The van der Waals surface area contributed by atoms with Crippen molar-refractivity contribution in [3.63, 3.8) is 0 Å². The summed E-state index contributed by atoms with van der Waals surface area (Å²) in [5, 5.41) is 13.3. The third kappa shape index (κ3) is 3.69. The van der Waals surface area contributed by atoms with E-state index in [1.54, 1.807) is 23.5 Å². The highest BCUT2D eigenvalue weighted by Gasteiger charge is 2.32. The molecule has 0 saturated heterocycles. The fraction of sp³-hybridized carbons (Fsp3) is 0.235. The molecule has 0 aliphatic rings. The summed E-state index contributed by atoms with van der Waals surface area (Å²) in [5.74, 6) is -1.84. The quantitative estimate of drug-likeness (QED) is 0.769. The summed E-state index contributed by atoms with van der Waals surface area (Å²) < 4.78 is 0. The lowest BCUT2D eigenvalue weighted by Crippen LogP contribution is -2.52. The Bertz CT molecular complexity index is 710. The van der Waals surface area contributed by atoms with Crippen LogP contribution in [0.4, 0.5) is 0 Å². The van der Waals surface area contributed by atoms with Gasteiger partial charge in [-0.05, 0) is 29.1 Å². The van der Waals surface area contributed by atoms with Crippen molar-refractivity contribution in [3.05, 3.63) is 47.3 Å². The Hall–Kier alpha value is -2.51. The van der Waals surface area contributed by atoms with E-state index in [1.807, 2.05) is 29.6 Å². The van der Waals surface area contributed by atoms with Crippen molar-refractivity contribution in [2.45, 2.75) is 6.04 Å². The van der Waals surface area contributed by atoms with Crippen LogP contribution in [0.1, 0.15) is 10.4 Å². The second kappa shape index (κ2) is 7.85. The number of ketones is 1. The number of likely N-dealkylation sites (N-methyl/N-ethyl adjacent to an activating group) is 2. The Balaban J connectivity index is 2.22. The van der Waals surface area contributed by atoms with Gasteiger partial charge in [-0.25, -0.2) is 0 Å². The van der Waals surface area contributed by atoms with Crippen LogP contribution in [-0.4, -0.2) is 54.3 Å². The molecule has 0 aliphatic carbocycles. The molecular weight excluding hydrogens is 328 g/mol. The molecule has 2 rings (SSSR count). The Labute approximate surface area is 143 Å². The van der Waals surface area contributed by atoms with Crippen LogP contribution in [0.3, 0.4) is 0 Å². The molecule has 1 unspecified atom stereocenters. The molecule has 2 N–H and O–H groups in total. The maximum atomic E-state index is 12.5. The molecule has 1 aromatic heterocycles. The summed E-state index contributed by atoms with van der Waals surface area (Å²) in [5.41, 5.74) is 1.34. The Morgan fingerprint density at radius 3 is 2.38 bits per heavy atom. The van der Waals surface area contributed by atoms with Gasteiger partial charge in [0.05, 0.1) is 0 Å². The lowest BCUT2D eigenvalue weighted by molar-refractivity contribution is -0.135. The van der Waals surface area contributed by atoms with Gasteiger partial charge in [0.25, 0.3) is 5.91 Å². The standard InChI is InChI=1S/C17H18N2O4S/c1-18-16(22)15(13(21)10-20)19(2)17(23)12-7-5-11(6-8-12)14-4-3-9-24-14/h3-9,15,20H,10H2,1-2H3,(H,18,22). The first-order valence-corrected chi connectivity index (χ1v) is 8.13. The maximum Gasteiger partial charge on any atom is 0.254 e. The van der Waals surface area contributed by atoms with Crippen molar-refractivity contribution >= 4 is 28.9 Å². The number of hydrogen-bond donors (Lipinski definition) is 2. The van der Waals surface area contributed by atoms with E-state index in [-0.39, 0.29) is 0 Å². The summed E-state index contributed by atoms with van der Waals surface area (Å²) >= 11 is 1.59. The van der Waals surface area contributed by atoms with Gasteiger partial charge < -0.3 is 15.3 Å². The molecule has 1 heterocycles. The lowest BCUT2D eigenvalue weighted by atomic mass is 10.1. The number of hydrogen-bond acceptors (Lipinski definition) is 5. The fourth-order valence-electron chi connectivity index (χ4n) is 2.30. The van der Waals surface area contributed by atoms with Crippen molar-refractivity contribution in [2.75, 3.05) is 20.7 Å². The minimum atomic E-state index is -1.36. The number of carbonyl (C=O) groups excluding carboxylic acids is 3. The average Bonchev–Trinajstić information content (AvgIpc) is 3.15. The normalized spacial score (nSPS) is 11.6. The van der Waals surface area contributed by atoms with Gasteiger partial charge in [-0.15, -0.1) is 11.3 Å². The van der Waals surface area contributed by atoms with Crippen LogP contribution < -0.4 is 5.32 Å². The van der Waals surface area contributed by atoms with Crippen molar-refractivity contribution in [1.82, 2.24) is 10.2 Å². The van der Waals surface area contributed by atoms with E-state index >= 15 is 0 Å². The highest BCUT2D eigenvalue weighted by Crippen LogP contribution is 2.25. The largest absolute Gasteiger partial charge is 0.388 e. The molecule has 2 amide bonds. The molecule has 1 atom stereocenters. The third-order valence-electron chi connectivity index (χ3n) is 3.60. The molecular formula is C17H18N2O4S. The van der Waals surface area contributed by atoms with Crippen molar-refractivity contribution in [3.8, 4) is 10.4 Å². The highest BCUT2D eigenvalue weighted by molar-refractivity contribution is 7.13. The van der Waals surface area contributed by atoms with E-state index in [9.17, 15) is 14.4 Å². The van der Waals surface area contributed by atoms with E-state index in [0.29, 0.717) is 5.56 Å². The van der Waals surface area contributed by atoms with E-state index < -0.39 is 30.2 Å². The van der Waals surface area contributed by atoms with Gasteiger partial charge in [0.15, 0.2) is 11.8 Å². The molecule has 7 heteroatoms. The number of nitrogens with zero attached hydrogens (tertiary/aromatic N) is 1. The molecule has 0 bridgehead atoms. The molecule has 0 radical (unpaired) electrons. The molecule has 24 heavy (non-hydrogen) atoms. The van der Waals surface area contributed by atoms with Gasteiger partial charge in [0.1, 0.15) is 6.61 Å². The molecule has 126 valence electrons. The Morgan fingerprint density at radius 2 is 1.88 bits per heavy atom. The SMILES string of the molecule is CNC(=O)C(C(=O)CO)N(C)C(=O)c1ccc(-c2cccs2)cc1. The second-order valence-electron chi connectivity index (χ2n) is 5.11. The average molecular weight is 346 g/mol. The lowest BCUT2D eigenvalue weighted by Gasteiger charge is -2.25. The molecule has 6 nitrogen and oxygen atoms in total. The summed E-state index contributed by atoms with van der Waals surface area (Å²) in [6.07, 6.45) is 0. The Kier molecular flexibility index (Phi) is 5.83. The molecule has 0 saturated carbocycles. The Morgan fingerprint density at radius 1 is 1.21 bits per heavy atom. The second-order valence-corrected chi connectivity index (χ2v) is 6.06. The number of carbonyl (C=O) groups is 3. The summed E-state index contributed by atoms with van der Waals surface area (Å²) in [4.78, 5) is 38.3. The zero-order chi connectivity index (χ0) is 17.7. The van der Waals surface area contributed by atoms with Gasteiger partial charge in [-0.3, -0.25) is 14.4 Å². The van der Waals surface area contributed by atoms with Crippen molar-refractivity contribution < 1.29 is 19.5 Å². The van der Waals surface area contributed by atoms with E-state index in [4.69, 9.17) is 5.11 Å². The van der Waals surface area contributed by atoms with Crippen LogP contribution >= 0.6 is 11.3 Å². The highest BCUT2D eigenvalue weighted by atomic mass is 32.1. The molecule has 0 aliphatic heterocycles. The zero-order valence-electron chi connectivity index (χ0n) is 13.4. The monoisotopic (exact) mass is 346 g/mol. The van der Waals surface area contributed by atoms with Crippen molar-refractivity contribution in [2.24, 2.45) is 0 Å². The van der Waals surface area contributed by atoms with Gasteiger partial charge in [-0.1, -0.05) is 18.2 Å². The summed E-state index contributed by atoms with van der Waals surface area (Å²) in [7, 11) is 2.73. The van der Waals surface area contributed by atoms with Crippen molar-refractivity contribution in [1.29, 1.82) is 0 Å². The van der Waals surface area contributed by atoms with Gasteiger partial charge >= 0.3 is 0 Å². The third-order valence-corrected chi connectivity index (χ3v) is 4.52. The number of amides is 2. The van der Waals surface area contributed by atoms with Gasteiger partial charge in [0, 0.05) is 24.5 Å². The van der Waals surface area contributed by atoms with E-state index in [2.05, 4.69) is 5.32 Å². The minimum absolute atomic E-state index is 0.359. The zero-order valence-corrected chi connectivity index (χ0v) is 14.2. The van der Waals surface area contributed by atoms with Crippen LogP contribution in [0.2, 0.25) is 0 Å². The number of aliphatic hydroxyl groups excluding tert-OH is 1. The number of Topliss-reactive ketones (excluding diaryl/α,β-unsaturated/α-hetero) is 1. The predicted octanol–water partition coefficient (Wildman–Crippen LogP) is 1.16.